The first-order chi connectivity index (χ1) is 12.9. The van der Waals surface area contributed by atoms with E-state index in [9.17, 15) is 9.59 Å². The van der Waals surface area contributed by atoms with Crippen molar-refractivity contribution in [2.24, 2.45) is 34.5 Å². The van der Waals surface area contributed by atoms with Crippen LogP contribution in [0.5, 0.6) is 0 Å². The Morgan fingerprint density at radius 3 is 2.78 bits per heavy atom. The van der Waals surface area contributed by atoms with Crippen molar-refractivity contribution in [3.05, 3.63) is 34.5 Å². The van der Waals surface area contributed by atoms with E-state index in [0.29, 0.717) is 23.5 Å². The van der Waals surface area contributed by atoms with Gasteiger partial charge in [0.1, 0.15) is 0 Å². The van der Waals surface area contributed by atoms with E-state index >= 15 is 0 Å². The predicted molar refractivity (Wildman–Crippen MR) is 108 cm³/mol. The third kappa shape index (κ3) is 2.45. The number of nitrogens with one attached hydrogen (secondary N) is 1. The molecule has 1 N–H and O–H groups in total. The molecule has 0 saturated heterocycles. The standard InChI is InChI=1S/C23H29NO2S/c1-22-10-7-17-15(3-6-19-23(17,2)11-8-20(25)24-19)16(22)4-5-18(22)21(26)14-9-12-27-13-14/h8-9,11-13,15-19H,3-7,10H2,1-2H3,(H,24,25)/t15-,16-,17-,18+,19+,22-,23+/m0/s1. The van der Waals surface area contributed by atoms with Gasteiger partial charge in [-0.05, 0) is 79.2 Å². The number of Topliss-reactive ketones (excluding diaryl/α,β-unsaturated/α-hetero) is 1. The van der Waals surface area contributed by atoms with E-state index in [-0.39, 0.29) is 28.7 Å². The monoisotopic (exact) mass is 383 g/mol. The Morgan fingerprint density at radius 2 is 2.00 bits per heavy atom. The van der Waals surface area contributed by atoms with E-state index in [4.69, 9.17) is 0 Å². The summed E-state index contributed by atoms with van der Waals surface area (Å²) in [6.45, 7) is 4.76. The minimum Gasteiger partial charge on any atom is -0.349 e. The molecule has 0 radical (unpaired) electrons. The second-order valence-electron chi connectivity index (χ2n) is 9.77. The lowest BCUT2D eigenvalue weighted by Crippen LogP contribution is -2.59. The van der Waals surface area contributed by atoms with Crippen LogP contribution in [0.15, 0.2) is 29.0 Å². The summed E-state index contributed by atoms with van der Waals surface area (Å²) in [5.74, 6) is 2.59. The van der Waals surface area contributed by atoms with Gasteiger partial charge in [0.25, 0.3) is 0 Å². The van der Waals surface area contributed by atoms with Gasteiger partial charge < -0.3 is 5.32 Å². The zero-order valence-corrected chi connectivity index (χ0v) is 17.1. The van der Waals surface area contributed by atoms with Crippen molar-refractivity contribution in [1.29, 1.82) is 0 Å². The van der Waals surface area contributed by atoms with Crippen LogP contribution in [0.25, 0.3) is 0 Å². The molecule has 1 aliphatic heterocycles. The molecule has 4 aliphatic rings. The lowest BCUT2D eigenvalue weighted by atomic mass is 9.47. The second-order valence-corrected chi connectivity index (χ2v) is 10.5. The van der Waals surface area contributed by atoms with Crippen LogP contribution in [0, 0.1) is 34.5 Å². The molecule has 0 bridgehead atoms. The highest BCUT2D eigenvalue weighted by molar-refractivity contribution is 7.08. The van der Waals surface area contributed by atoms with Gasteiger partial charge in [-0.15, -0.1) is 0 Å². The summed E-state index contributed by atoms with van der Waals surface area (Å²) in [5.41, 5.74) is 1.14. The normalized spacial score (nSPS) is 45.6. The van der Waals surface area contributed by atoms with Crippen molar-refractivity contribution >= 4 is 23.0 Å². The molecule has 3 nitrogen and oxygen atoms in total. The van der Waals surface area contributed by atoms with Crippen molar-refractivity contribution in [2.45, 2.75) is 58.4 Å². The third-order valence-electron chi connectivity index (χ3n) is 8.81. The number of hydrogen-bond acceptors (Lipinski definition) is 3. The van der Waals surface area contributed by atoms with Crippen molar-refractivity contribution < 1.29 is 9.59 Å². The molecule has 0 unspecified atom stereocenters. The average Bonchev–Trinajstić information content (AvgIpc) is 3.29. The van der Waals surface area contributed by atoms with Crippen molar-refractivity contribution in [3.8, 4) is 0 Å². The lowest BCUT2D eigenvalue weighted by Gasteiger charge is -2.58. The topological polar surface area (TPSA) is 46.2 Å². The minimum atomic E-state index is 0.0684. The number of thiophene rings is 1. The molecule has 4 heteroatoms. The lowest BCUT2D eigenvalue weighted by molar-refractivity contribution is -0.122. The van der Waals surface area contributed by atoms with E-state index in [1.165, 1.54) is 19.3 Å². The van der Waals surface area contributed by atoms with Gasteiger partial charge in [-0.1, -0.05) is 19.9 Å². The molecule has 7 atom stereocenters. The maximum atomic E-state index is 13.2. The number of hydrogen-bond donors (Lipinski definition) is 1. The molecule has 27 heavy (non-hydrogen) atoms. The van der Waals surface area contributed by atoms with Gasteiger partial charge in [0.05, 0.1) is 0 Å². The Kier molecular flexibility index (Phi) is 3.95. The molecule has 3 fully saturated rings. The van der Waals surface area contributed by atoms with Crippen LogP contribution in [-0.2, 0) is 4.79 Å². The van der Waals surface area contributed by atoms with Crippen LogP contribution in [-0.4, -0.2) is 17.7 Å². The fourth-order valence-electron chi connectivity index (χ4n) is 7.37. The maximum Gasteiger partial charge on any atom is 0.243 e. The average molecular weight is 384 g/mol. The third-order valence-corrected chi connectivity index (χ3v) is 9.49. The van der Waals surface area contributed by atoms with Gasteiger partial charge in [-0.2, -0.15) is 11.3 Å². The summed E-state index contributed by atoms with van der Waals surface area (Å²) < 4.78 is 0. The molecular weight excluding hydrogens is 354 g/mol. The Balaban J connectivity index is 1.44. The highest BCUT2D eigenvalue weighted by atomic mass is 32.1. The van der Waals surface area contributed by atoms with Gasteiger partial charge in [0.2, 0.25) is 5.91 Å². The van der Waals surface area contributed by atoms with Gasteiger partial charge in [-0.3, -0.25) is 9.59 Å². The van der Waals surface area contributed by atoms with Crippen LogP contribution in [0.2, 0.25) is 0 Å². The summed E-state index contributed by atoms with van der Waals surface area (Å²) in [6, 6.07) is 2.28. The summed E-state index contributed by atoms with van der Waals surface area (Å²) in [5, 5.41) is 7.27. The summed E-state index contributed by atoms with van der Waals surface area (Å²) in [7, 11) is 0. The Labute approximate surface area is 165 Å². The van der Waals surface area contributed by atoms with Gasteiger partial charge in [0.15, 0.2) is 5.78 Å². The first-order valence-corrected chi connectivity index (χ1v) is 11.4. The van der Waals surface area contributed by atoms with Crippen molar-refractivity contribution in [3.63, 3.8) is 0 Å². The molecule has 144 valence electrons. The number of ketones is 1. The highest BCUT2D eigenvalue weighted by Crippen LogP contribution is 2.65. The second kappa shape index (κ2) is 6.04. The molecule has 2 heterocycles. The quantitative estimate of drug-likeness (QED) is 0.743. The van der Waals surface area contributed by atoms with Gasteiger partial charge in [0, 0.05) is 28.3 Å². The number of carbonyl (C=O) groups is 2. The van der Waals surface area contributed by atoms with Crippen molar-refractivity contribution in [1.82, 2.24) is 5.32 Å². The van der Waals surface area contributed by atoms with Crippen LogP contribution in [0.3, 0.4) is 0 Å². The minimum absolute atomic E-state index is 0.0684. The smallest absolute Gasteiger partial charge is 0.243 e. The van der Waals surface area contributed by atoms with Crippen LogP contribution >= 0.6 is 11.3 Å². The zero-order valence-electron chi connectivity index (χ0n) is 16.2. The van der Waals surface area contributed by atoms with Crippen LogP contribution in [0.4, 0.5) is 0 Å². The Hall–Kier alpha value is -1.42. The van der Waals surface area contributed by atoms with Gasteiger partial charge >= 0.3 is 0 Å². The molecule has 0 aromatic carbocycles. The van der Waals surface area contributed by atoms with E-state index in [2.05, 4.69) is 25.2 Å². The summed E-state index contributed by atoms with van der Waals surface area (Å²) in [4.78, 5) is 25.1. The number of amides is 1. The molecule has 1 amide bonds. The summed E-state index contributed by atoms with van der Waals surface area (Å²) in [6.07, 6.45) is 10.8. The molecule has 0 spiro atoms. The fraction of sp³-hybridized carbons (Fsp3) is 0.652. The van der Waals surface area contributed by atoms with E-state index in [0.717, 1.165) is 24.8 Å². The molecule has 3 saturated carbocycles. The molecule has 5 rings (SSSR count). The van der Waals surface area contributed by atoms with Crippen LogP contribution < -0.4 is 5.32 Å². The molecule has 3 aliphatic carbocycles. The van der Waals surface area contributed by atoms with Crippen molar-refractivity contribution in [2.75, 3.05) is 0 Å². The molecular formula is C23H29NO2S. The molecule has 1 aromatic rings. The zero-order chi connectivity index (χ0) is 18.8. The van der Waals surface area contributed by atoms with E-state index < -0.39 is 0 Å². The number of fused-ring (bicyclic) bond motifs is 5. The van der Waals surface area contributed by atoms with E-state index in [1.807, 2.05) is 16.8 Å². The maximum absolute atomic E-state index is 13.2. The summed E-state index contributed by atoms with van der Waals surface area (Å²) >= 11 is 1.62. The first-order valence-electron chi connectivity index (χ1n) is 10.5. The Morgan fingerprint density at radius 1 is 1.15 bits per heavy atom. The number of carbonyl (C=O) groups excluding carboxylic acids is 2. The fourth-order valence-corrected chi connectivity index (χ4v) is 8.02. The SMILES string of the molecule is C[C@]12C=CC(=O)N[C@@H]1CC[C@@H]1[C@@H]2CC[C@]2(C)[C@@H](C(=O)c3ccsc3)CC[C@@H]12. The number of rotatable bonds is 2. The predicted octanol–water partition coefficient (Wildman–Crippen LogP) is 4.84. The largest absolute Gasteiger partial charge is 0.349 e. The van der Waals surface area contributed by atoms with Gasteiger partial charge in [-0.25, -0.2) is 0 Å². The highest BCUT2D eigenvalue weighted by Gasteiger charge is 2.60. The van der Waals surface area contributed by atoms with Crippen LogP contribution in [0.1, 0.15) is 62.7 Å². The van der Waals surface area contributed by atoms with E-state index in [1.54, 1.807) is 17.4 Å². The molecule has 1 aromatic heterocycles. The Bertz CT molecular complexity index is 799. The first kappa shape index (κ1) is 17.7.